The highest BCUT2D eigenvalue weighted by Crippen LogP contribution is 2.37. The molecule has 5 nitrogen and oxygen atoms in total. The van der Waals surface area contributed by atoms with E-state index < -0.39 is 5.91 Å². The van der Waals surface area contributed by atoms with Crippen molar-refractivity contribution in [1.82, 2.24) is 10.3 Å². The zero-order chi connectivity index (χ0) is 17.8. The third-order valence-electron chi connectivity index (χ3n) is 4.60. The number of aromatic nitrogens is 1. The van der Waals surface area contributed by atoms with Crippen molar-refractivity contribution < 1.29 is 9.53 Å². The molecule has 1 heterocycles. The fourth-order valence-corrected chi connectivity index (χ4v) is 3.30. The lowest BCUT2D eigenvalue weighted by Crippen LogP contribution is -2.29. The van der Waals surface area contributed by atoms with Crippen molar-refractivity contribution in [1.29, 1.82) is 0 Å². The van der Waals surface area contributed by atoms with Crippen LogP contribution < -0.4 is 15.8 Å². The second kappa shape index (κ2) is 7.66. The number of hydrogen-bond donors (Lipinski definition) is 2. The summed E-state index contributed by atoms with van der Waals surface area (Å²) in [5.41, 5.74) is 8.26. The number of nitrogens with zero attached hydrogens (tertiary/aromatic N) is 1. The Kier molecular flexibility index (Phi) is 5.34. The Hall–Kier alpha value is -2.40. The first-order valence-corrected chi connectivity index (χ1v) is 8.83. The number of rotatable bonds is 6. The molecule has 0 radical (unpaired) electrons. The van der Waals surface area contributed by atoms with Gasteiger partial charge < -0.3 is 15.8 Å². The molecule has 132 valence electrons. The molecule has 1 unspecified atom stereocenters. The summed E-state index contributed by atoms with van der Waals surface area (Å²) < 4.78 is 6.00. The standard InChI is InChI=1S/C20H25N3O2/c1-13(2)22-11-14-5-3-7-17-16(14)6-4-8-18(17)25-19-10-9-15(12-23-19)20(21)24/h4,6,8-10,12-14,22H,3,5,7,11H2,1-2H3,(H2,21,24). The lowest BCUT2D eigenvalue weighted by molar-refractivity contribution is 0.1000. The number of pyridine rings is 1. The minimum absolute atomic E-state index is 0.377. The first-order valence-electron chi connectivity index (χ1n) is 8.83. The van der Waals surface area contributed by atoms with Crippen LogP contribution >= 0.6 is 0 Å². The Labute approximate surface area is 148 Å². The van der Waals surface area contributed by atoms with E-state index in [-0.39, 0.29) is 0 Å². The SMILES string of the molecule is CC(C)NCC1CCCc2c(Oc3ccc(C(N)=O)cn3)cccc21. The molecular formula is C20H25N3O2. The number of ether oxygens (including phenoxy) is 1. The van der Waals surface area contributed by atoms with Crippen LogP contribution in [0.25, 0.3) is 0 Å². The number of carbonyl (C=O) groups is 1. The molecule has 3 N–H and O–H groups in total. The molecule has 0 saturated carbocycles. The number of amides is 1. The molecule has 1 aromatic carbocycles. The summed E-state index contributed by atoms with van der Waals surface area (Å²) >= 11 is 0. The maximum Gasteiger partial charge on any atom is 0.250 e. The number of benzene rings is 1. The maximum atomic E-state index is 11.1. The van der Waals surface area contributed by atoms with Crippen molar-refractivity contribution in [3.05, 3.63) is 53.2 Å². The molecule has 0 bridgehead atoms. The van der Waals surface area contributed by atoms with Gasteiger partial charge in [-0.05, 0) is 48.4 Å². The van der Waals surface area contributed by atoms with E-state index in [1.54, 1.807) is 12.1 Å². The summed E-state index contributed by atoms with van der Waals surface area (Å²) in [4.78, 5) is 15.3. The van der Waals surface area contributed by atoms with Gasteiger partial charge in [-0.3, -0.25) is 4.79 Å². The molecule has 0 spiro atoms. The maximum absolute atomic E-state index is 11.1. The zero-order valence-corrected chi connectivity index (χ0v) is 14.8. The molecule has 0 fully saturated rings. The average molecular weight is 339 g/mol. The van der Waals surface area contributed by atoms with Gasteiger partial charge in [0.2, 0.25) is 11.8 Å². The van der Waals surface area contributed by atoms with Gasteiger partial charge in [-0.2, -0.15) is 0 Å². The number of fused-ring (bicyclic) bond motifs is 1. The number of nitrogens with two attached hydrogens (primary N) is 1. The van der Waals surface area contributed by atoms with Gasteiger partial charge in [-0.1, -0.05) is 26.0 Å². The molecule has 1 aromatic heterocycles. The minimum atomic E-state index is -0.489. The molecule has 3 rings (SSSR count). The van der Waals surface area contributed by atoms with Crippen LogP contribution in [0.5, 0.6) is 11.6 Å². The largest absolute Gasteiger partial charge is 0.439 e. The molecule has 25 heavy (non-hydrogen) atoms. The number of carbonyl (C=O) groups excluding carboxylic acids is 1. The number of primary amides is 1. The van der Waals surface area contributed by atoms with Gasteiger partial charge >= 0.3 is 0 Å². The average Bonchev–Trinajstić information content (AvgIpc) is 2.60. The molecule has 0 saturated heterocycles. The molecule has 1 aliphatic carbocycles. The summed E-state index contributed by atoms with van der Waals surface area (Å²) in [5.74, 6) is 1.35. The van der Waals surface area contributed by atoms with Crippen molar-refractivity contribution in [2.75, 3.05) is 6.54 Å². The third kappa shape index (κ3) is 4.17. The fraction of sp³-hybridized carbons (Fsp3) is 0.400. The van der Waals surface area contributed by atoms with Crippen LogP contribution in [0.2, 0.25) is 0 Å². The Morgan fingerprint density at radius 1 is 1.36 bits per heavy atom. The quantitative estimate of drug-likeness (QED) is 0.846. The van der Waals surface area contributed by atoms with E-state index in [1.165, 1.54) is 23.7 Å². The molecule has 1 aliphatic rings. The number of hydrogen-bond acceptors (Lipinski definition) is 4. The summed E-state index contributed by atoms with van der Waals surface area (Å²) in [7, 11) is 0. The second-order valence-corrected chi connectivity index (χ2v) is 6.83. The Morgan fingerprint density at radius 3 is 2.88 bits per heavy atom. The lowest BCUT2D eigenvalue weighted by Gasteiger charge is -2.28. The first-order chi connectivity index (χ1) is 12.0. The summed E-state index contributed by atoms with van der Waals surface area (Å²) in [6.45, 7) is 5.33. The van der Waals surface area contributed by atoms with Crippen LogP contribution in [0.4, 0.5) is 0 Å². The summed E-state index contributed by atoms with van der Waals surface area (Å²) in [6, 6.07) is 10.0. The molecule has 0 aliphatic heterocycles. The van der Waals surface area contributed by atoms with Crippen LogP contribution in [0.1, 0.15) is 54.1 Å². The van der Waals surface area contributed by atoms with E-state index in [0.29, 0.717) is 23.4 Å². The van der Waals surface area contributed by atoms with Gasteiger partial charge in [0.1, 0.15) is 5.75 Å². The Morgan fingerprint density at radius 2 is 2.20 bits per heavy atom. The predicted octanol–water partition coefficient (Wildman–Crippen LogP) is 3.39. The van der Waals surface area contributed by atoms with E-state index in [0.717, 1.165) is 25.1 Å². The number of nitrogens with one attached hydrogen (secondary N) is 1. The van der Waals surface area contributed by atoms with Gasteiger partial charge in [-0.25, -0.2) is 4.98 Å². The van der Waals surface area contributed by atoms with Crippen molar-refractivity contribution in [2.24, 2.45) is 5.73 Å². The molecule has 1 atom stereocenters. The molecule has 1 amide bonds. The third-order valence-corrected chi connectivity index (χ3v) is 4.60. The van der Waals surface area contributed by atoms with Gasteiger partial charge in [0.25, 0.3) is 0 Å². The van der Waals surface area contributed by atoms with Gasteiger partial charge in [0, 0.05) is 24.8 Å². The van der Waals surface area contributed by atoms with E-state index in [2.05, 4.69) is 30.2 Å². The van der Waals surface area contributed by atoms with Crippen LogP contribution in [0, 0.1) is 0 Å². The van der Waals surface area contributed by atoms with Crippen LogP contribution in [-0.2, 0) is 6.42 Å². The van der Waals surface area contributed by atoms with Crippen LogP contribution in [-0.4, -0.2) is 23.5 Å². The predicted molar refractivity (Wildman–Crippen MR) is 98.1 cm³/mol. The highest BCUT2D eigenvalue weighted by Gasteiger charge is 2.23. The highest BCUT2D eigenvalue weighted by molar-refractivity contribution is 5.92. The van der Waals surface area contributed by atoms with E-state index in [1.807, 2.05) is 12.1 Å². The summed E-state index contributed by atoms with van der Waals surface area (Å²) in [6.07, 6.45) is 4.82. The summed E-state index contributed by atoms with van der Waals surface area (Å²) in [5, 5.41) is 3.55. The second-order valence-electron chi connectivity index (χ2n) is 6.83. The van der Waals surface area contributed by atoms with Crippen molar-refractivity contribution in [3.63, 3.8) is 0 Å². The van der Waals surface area contributed by atoms with Crippen LogP contribution in [0.3, 0.4) is 0 Å². The van der Waals surface area contributed by atoms with Gasteiger partial charge in [-0.15, -0.1) is 0 Å². The molecule has 2 aromatic rings. The van der Waals surface area contributed by atoms with E-state index >= 15 is 0 Å². The van der Waals surface area contributed by atoms with Crippen molar-refractivity contribution in [3.8, 4) is 11.6 Å². The lowest BCUT2D eigenvalue weighted by atomic mass is 9.82. The normalized spacial score (nSPS) is 16.5. The first kappa shape index (κ1) is 17.4. The molecule has 5 heteroatoms. The highest BCUT2D eigenvalue weighted by atomic mass is 16.5. The van der Waals surface area contributed by atoms with E-state index in [9.17, 15) is 4.79 Å². The fourth-order valence-electron chi connectivity index (χ4n) is 3.30. The van der Waals surface area contributed by atoms with Crippen molar-refractivity contribution in [2.45, 2.75) is 45.1 Å². The minimum Gasteiger partial charge on any atom is -0.439 e. The Balaban J connectivity index is 1.81. The Bertz CT molecular complexity index is 741. The monoisotopic (exact) mass is 339 g/mol. The van der Waals surface area contributed by atoms with Gasteiger partial charge in [0.05, 0.1) is 5.56 Å². The zero-order valence-electron chi connectivity index (χ0n) is 14.8. The smallest absolute Gasteiger partial charge is 0.250 e. The van der Waals surface area contributed by atoms with Gasteiger partial charge in [0.15, 0.2) is 0 Å². The van der Waals surface area contributed by atoms with E-state index in [4.69, 9.17) is 10.5 Å². The van der Waals surface area contributed by atoms with Crippen LogP contribution in [0.15, 0.2) is 36.5 Å². The van der Waals surface area contributed by atoms with Crippen molar-refractivity contribution >= 4 is 5.91 Å². The topological polar surface area (TPSA) is 77.2 Å². The molecular weight excluding hydrogens is 314 g/mol.